The molecular formula is C24H26N6O3. The second kappa shape index (κ2) is 8.67. The van der Waals surface area contributed by atoms with Crippen molar-refractivity contribution in [2.24, 2.45) is 0 Å². The number of piperidine rings is 1. The minimum atomic E-state index is -0.707. The zero-order valence-corrected chi connectivity index (χ0v) is 18.4. The first-order chi connectivity index (χ1) is 16.0. The Labute approximate surface area is 191 Å². The lowest BCUT2D eigenvalue weighted by molar-refractivity contribution is -0.167. The highest BCUT2D eigenvalue weighted by Gasteiger charge is 2.47. The van der Waals surface area contributed by atoms with Crippen LogP contribution in [0.2, 0.25) is 0 Å². The summed E-state index contributed by atoms with van der Waals surface area (Å²) in [5.74, 6) is 0.606. The van der Waals surface area contributed by atoms with Crippen molar-refractivity contribution < 1.29 is 14.3 Å². The average molecular weight is 447 g/mol. The maximum Gasteiger partial charge on any atom is 0.321 e. The first-order valence-corrected chi connectivity index (χ1v) is 11.1. The Hall–Kier alpha value is -3.72. The van der Waals surface area contributed by atoms with E-state index in [4.69, 9.17) is 4.74 Å². The van der Waals surface area contributed by atoms with E-state index in [1.54, 1.807) is 35.6 Å². The van der Waals surface area contributed by atoms with Gasteiger partial charge in [-0.15, -0.1) is 0 Å². The molecule has 9 nitrogen and oxygen atoms in total. The van der Waals surface area contributed by atoms with Crippen molar-refractivity contribution >= 4 is 23.3 Å². The number of likely N-dealkylation sites (tertiary alicyclic amines) is 1. The molecule has 1 spiro atoms. The summed E-state index contributed by atoms with van der Waals surface area (Å²) in [6.07, 6.45) is 7.33. The molecule has 1 aromatic carbocycles. The summed E-state index contributed by atoms with van der Waals surface area (Å²) >= 11 is 0. The van der Waals surface area contributed by atoms with Crippen LogP contribution in [0.15, 0.2) is 61.2 Å². The number of hydrogen-bond acceptors (Lipinski definition) is 5. The Balaban J connectivity index is 1.29. The van der Waals surface area contributed by atoms with Crippen molar-refractivity contribution in [1.82, 2.24) is 19.4 Å². The molecule has 0 radical (unpaired) electrons. The topological polar surface area (TPSA) is 101 Å². The standard InChI is InChI=1S/C24H26N6O3/c1-17-4-2-3-5-19(17)28-23(32)29-13-8-24(9-14-29)22-26-12-15-30(22)16-20(33-24)21(31)27-18-6-10-25-11-7-18/h2-7,10-12,15,20H,8-9,13-14,16H2,1H3,(H,28,32)(H,25,27,31)/t20-/m1/s1. The lowest BCUT2D eigenvalue weighted by atomic mass is 9.88. The number of nitrogens with one attached hydrogen (secondary N) is 2. The Morgan fingerprint density at radius 3 is 2.58 bits per heavy atom. The van der Waals surface area contributed by atoms with Crippen LogP contribution in [-0.4, -0.2) is 50.6 Å². The van der Waals surface area contributed by atoms with Gasteiger partial charge < -0.3 is 24.8 Å². The third-order valence-electron chi connectivity index (χ3n) is 6.34. The summed E-state index contributed by atoms with van der Waals surface area (Å²) in [5, 5.41) is 5.90. The molecule has 1 saturated heterocycles. The van der Waals surface area contributed by atoms with Gasteiger partial charge in [-0.1, -0.05) is 18.2 Å². The van der Waals surface area contributed by atoms with E-state index in [0.29, 0.717) is 38.2 Å². The smallest absolute Gasteiger partial charge is 0.321 e. The second-order valence-corrected chi connectivity index (χ2v) is 8.46. The predicted molar refractivity (Wildman–Crippen MR) is 123 cm³/mol. The number of hydrogen-bond donors (Lipinski definition) is 2. The molecule has 1 fully saturated rings. The van der Waals surface area contributed by atoms with Gasteiger partial charge in [0.15, 0.2) is 6.10 Å². The van der Waals surface area contributed by atoms with Crippen molar-refractivity contribution in [2.75, 3.05) is 23.7 Å². The number of rotatable bonds is 3. The maximum atomic E-state index is 13.0. The molecule has 0 aliphatic carbocycles. The van der Waals surface area contributed by atoms with Crippen LogP contribution in [0.4, 0.5) is 16.2 Å². The lowest BCUT2D eigenvalue weighted by Crippen LogP contribution is -2.54. The summed E-state index contributed by atoms with van der Waals surface area (Å²) in [5.41, 5.74) is 1.79. The fourth-order valence-electron chi connectivity index (χ4n) is 4.51. The molecule has 0 saturated carbocycles. The van der Waals surface area contributed by atoms with Gasteiger partial charge in [0.05, 0.1) is 6.54 Å². The van der Waals surface area contributed by atoms with Crippen molar-refractivity contribution in [2.45, 2.75) is 38.0 Å². The summed E-state index contributed by atoms with van der Waals surface area (Å²) in [4.78, 5) is 36.1. The molecule has 4 heterocycles. The first-order valence-electron chi connectivity index (χ1n) is 11.1. The second-order valence-electron chi connectivity index (χ2n) is 8.46. The van der Waals surface area contributed by atoms with Crippen LogP contribution in [0, 0.1) is 6.92 Å². The zero-order valence-electron chi connectivity index (χ0n) is 18.4. The maximum absolute atomic E-state index is 13.0. The minimum absolute atomic E-state index is 0.134. The van der Waals surface area contributed by atoms with Gasteiger partial charge in [-0.2, -0.15) is 0 Å². The van der Waals surface area contributed by atoms with Crippen LogP contribution in [0.25, 0.3) is 0 Å². The van der Waals surface area contributed by atoms with Crippen LogP contribution in [0.1, 0.15) is 24.2 Å². The summed E-state index contributed by atoms with van der Waals surface area (Å²) in [6.45, 7) is 3.37. The molecule has 3 aromatic rings. The summed E-state index contributed by atoms with van der Waals surface area (Å²) in [7, 11) is 0. The number of benzene rings is 1. The highest BCUT2D eigenvalue weighted by molar-refractivity contribution is 5.94. The van der Waals surface area contributed by atoms with Gasteiger partial charge >= 0.3 is 6.03 Å². The highest BCUT2D eigenvalue weighted by Crippen LogP contribution is 2.40. The number of pyridine rings is 1. The van der Waals surface area contributed by atoms with Crippen molar-refractivity contribution in [1.29, 1.82) is 0 Å². The lowest BCUT2D eigenvalue weighted by Gasteiger charge is -2.45. The molecule has 2 aromatic heterocycles. The Kier molecular flexibility index (Phi) is 5.55. The highest BCUT2D eigenvalue weighted by atomic mass is 16.5. The van der Waals surface area contributed by atoms with Gasteiger partial charge in [0.2, 0.25) is 0 Å². The number of fused-ring (bicyclic) bond motifs is 2. The van der Waals surface area contributed by atoms with E-state index >= 15 is 0 Å². The molecule has 33 heavy (non-hydrogen) atoms. The number of carbonyl (C=O) groups is 2. The number of urea groups is 1. The number of aromatic nitrogens is 3. The van der Waals surface area contributed by atoms with Crippen LogP contribution < -0.4 is 10.6 Å². The van der Waals surface area contributed by atoms with Crippen LogP contribution >= 0.6 is 0 Å². The number of ether oxygens (including phenoxy) is 1. The molecule has 0 unspecified atom stereocenters. The largest absolute Gasteiger partial charge is 0.352 e. The third-order valence-corrected chi connectivity index (χ3v) is 6.34. The molecule has 2 N–H and O–H groups in total. The molecule has 0 bridgehead atoms. The quantitative estimate of drug-likeness (QED) is 0.644. The van der Waals surface area contributed by atoms with E-state index in [1.807, 2.05) is 42.0 Å². The van der Waals surface area contributed by atoms with E-state index in [0.717, 1.165) is 17.1 Å². The monoisotopic (exact) mass is 446 g/mol. The molecule has 2 aliphatic heterocycles. The molecule has 9 heteroatoms. The first kappa shape index (κ1) is 21.1. The normalized spacial score (nSPS) is 19.1. The SMILES string of the molecule is Cc1ccccc1NC(=O)N1CCC2(CC1)O[C@@H](C(=O)Nc1ccncc1)Cn1ccnc12. The van der Waals surface area contributed by atoms with E-state index in [1.165, 1.54) is 0 Å². The molecule has 170 valence electrons. The van der Waals surface area contributed by atoms with E-state index in [-0.39, 0.29) is 11.9 Å². The Morgan fingerprint density at radius 1 is 1.06 bits per heavy atom. The van der Waals surface area contributed by atoms with Crippen molar-refractivity contribution in [3.05, 3.63) is 72.6 Å². The number of nitrogens with zero attached hydrogens (tertiary/aromatic N) is 4. The molecule has 5 rings (SSSR count). The van der Waals surface area contributed by atoms with Crippen LogP contribution in [0.5, 0.6) is 0 Å². The number of imidazole rings is 1. The van der Waals surface area contributed by atoms with Gasteiger partial charge in [0.1, 0.15) is 11.4 Å². The van der Waals surface area contributed by atoms with Crippen LogP contribution in [0.3, 0.4) is 0 Å². The summed E-state index contributed by atoms with van der Waals surface area (Å²) in [6, 6.07) is 11.1. The number of carbonyl (C=O) groups excluding carboxylic acids is 2. The van der Waals surface area contributed by atoms with Crippen LogP contribution in [-0.2, 0) is 21.7 Å². The zero-order chi connectivity index (χ0) is 22.8. The number of para-hydroxylation sites is 1. The Bertz CT molecular complexity index is 1150. The average Bonchev–Trinajstić information content (AvgIpc) is 3.31. The predicted octanol–water partition coefficient (Wildman–Crippen LogP) is 3.15. The molecular weight excluding hydrogens is 420 g/mol. The van der Waals surface area contributed by atoms with E-state index in [9.17, 15) is 9.59 Å². The van der Waals surface area contributed by atoms with Gasteiger partial charge in [0, 0.05) is 62.1 Å². The molecule has 3 amide bonds. The van der Waals surface area contributed by atoms with Gasteiger partial charge in [-0.05, 0) is 30.7 Å². The fraction of sp³-hybridized carbons (Fsp3) is 0.333. The number of anilines is 2. The number of amides is 3. The Morgan fingerprint density at radius 2 is 1.82 bits per heavy atom. The van der Waals surface area contributed by atoms with Gasteiger partial charge in [0.25, 0.3) is 5.91 Å². The fourth-order valence-corrected chi connectivity index (χ4v) is 4.51. The van der Waals surface area contributed by atoms with E-state index < -0.39 is 11.7 Å². The van der Waals surface area contributed by atoms with Gasteiger partial charge in [-0.3, -0.25) is 9.78 Å². The minimum Gasteiger partial charge on any atom is -0.352 e. The molecule has 1 atom stereocenters. The third kappa shape index (κ3) is 4.19. The molecule has 2 aliphatic rings. The van der Waals surface area contributed by atoms with Crippen molar-refractivity contribution in [3.8, 4) is 0 Å². The summed E-state index contributed by atoms with van der Waals surface area (Å²) < 4.78 is 8.42. The number of aryl methyl sites for hydroxylation is 1. The van der Waals surface area contributed by atoms with Crippen molar-refractivity contribution in [3.63, 3.8) is 0 Å². The van der Waals surface area contributed by atoms with Gasteiger partial charge in [-0.25, -0.2) is 9.78 Å². The van der Waals surface area contributed by atoms with E-state index in [2.05, 4.69) is 20.6 Å².